The summed E-state index contributed by atoms with van der Waals surface area (Å²) < 4.78 is 5.48. The number of carbonyl (C=O) groups is 2. The number of allylic oxidation sites excluding steroid dienone is 3. The third-order valence-corrected chi connectivity index (χ3v) is 16.2. The number of unbranched alkanes of at least 4 members (excludes halogenated alkanes) is 52. The zero-order valence-corrected chi connectivity index (χ0v) is 51.5. The van der Waals surface area contributed by atoms with E-state index in [9.17, 15) is 19.8 Å². The van der Waals surface area contributed by atoms with Crippen molar-refractivity contribution >= 4 is 11.9 Å². The molecule has 0 radical (unpaired) electrons. The van der Waals surface area contributed by atoms with Gasteiger partial charge in [0.1, 0.15) is 0 Å². The van der Waals surface area contributed by atoms with E-state index in [1.165, 1.54) is 315 Å². The van der Waals surface area contributed by atoms with Crippen molar-refractivity contribution in [3.05, 3.63) is 24.3 Å². The molecule has 0 spiro atoms. The number of esters is 1. The molecule has 6 heteroatoms. The lowest BCUT2D eigenvalue weighted by atomic mass is 10.0. The minimum Gasteiger partial charge on any atom is -0.466 e. The molecule has 0 aromatic heterocycles. The molecule has 0 aliphatic carbocycles. The average Bonchev–Trinajstić information content (AvgIpc) is 3.42. The molecule has 0 aromatic carbocycles. The van der Waals surface area contributed by atoms with Crippen molar-refractivity contribution in [2.24, 2.45) is 0 Å². The number of hydrogen-bond donors (Lipinski definition) is 3. The van der Waals surface area contributed by atoms with Crippen LogP contribution in [-0.4, -0.2) is 47.4 Å². The van der Waals surface area contributed by atoms with Gasteiger partial charge in [-0.05, 0) is 57.8 Å². The molecular weight excluding hydrogens is 935 g/mol. The van der Waals surface area contributed by atoms with Crippen LogP contribution in [0.3, 0.4) is 0 Å². The summed E-state index contributed by atoms with van der Waals surface area (Å²) in [6.45, 7) is 4.91. The molecule has 0 aliphatic rings. The van der Waals surface area contributed by atoms with Crippen LogP contribution in [-0.2, 0) is 14.3 Å². The Balaban J connectivity index is 3.33. The molecule has 0 aromatic rings. The molecule has 0 saturated carbocycles. The van der Waals surface area contributed by atoms with Crippen molar-refractivity contribution in [3.63, 3.8) is 0 Å². The summed E-state index contributed by atoms with van der Waals surface area (Å²) in [7, 11) is 0. The third kappa shape index (κ3) is 61.6. The Labute approximate surface area is 475 Å². The van der Waals surface area contributed by atoms with Gasteiger partial charge in [-0.25, -0.2) is 0 Å². The first-order valence-electron chi connectivity index (χ1n) is 34.6. The fraction of sp³-hybridized carbons (Fsp3) is 0.914. The van der Waals surface area contributed by atoms with Gasteiger partial charge in [-0.3, -0.25) is 9.59 Å². The van der Waals surface area contributed by atoms with Crippen molar-refractivity contribution in [3.8, 4) is 0 Å². The van der Waals surface area contributed by atoms with Crippen LogP contribution >= 0.6 is 0 Å². The summed E-state index contributed by atoms with van der Waals surface area (Å²) in [5.74, 6) is -0.0499. The highest BCUT2D eigenvalue weighted by molar-refractivity contribution is 5.76. The normalized spacial score (nSPS) is 12.6. The smallest absolute Gasteiger partial charge is 0.305 e. The quantitative estimate of drug-likeness (QED) is 0.0320. The molecule has 76 heavy (non-hydrogen) atoms. The number of carbonyl (C=O) groups excluding carboxylic acids is 2. The second-order valence-corrected chi connectivity index (χ2v) is 23.9. The predicted octanol–water partition coefficient (Wildman–Crippen LogP) is 22.1. The first-order valence-corrected chi connectivity index (χ1v) is 34.6. The molecule has 0 fully saturated rings. The van der Waals surface area contributed by atoms with E-state index in [-0.39, 0.29) is 18.5 Å². The predicted molar refractivity (Wildman–Crippen MR) is 333 cm³/mol. The molecular formula is C70H135NO5. The van der Waals surface area contributed by atoms with Gasteiger partial charge in [0.15, 0.2) is 0 Å². The minimum atomic E-state index is -0.840. The minimum absolute atomic E-state index is 0.0112. The molecule has 3 N–H and O–H groups in total. The fourth-order valence-corrected chi connectivity index (χ4v) is 10.9. The van der Waals surface area contributed by atoms with Gasteiger partial charge in [0.2, 0.25) is 5.91 Å². The maximum Gasteiger partial charge on any atom is 0.305 e. The van der Waals surface area contributed by atoms with E-state index < -0.39 is 12.1 Å². The van der Waals surface area contributed by atoms with Gasteiger partial charge in [0, 0.05) is 12.8 Å². The summed E-state index contributed by atoms with van der Waals surface area (Å²) in [6.07, 6.45) is 82.6. The van der Waals surface area contributed by atoms with Crippen molar-refractivity contribution in [1.29, 1.82) is 0 Å². The molecule has 0 bridgehead atoms. The number of aliphatic hydroxyl groups excluding tert-OH is 2. The zero-order chi connectivity index (χ0) is 55.0. The highest BCUT2D eigenvalue weighted by Gasteiger charge is 2.18. The molecule has 0 aliphatic heterocycles. The molecule has 0 heterocycles. The van der Waals surface area contributed by atoms with Gasteiger partial charge in [-0.2, -0.15) is 0 Å². The van der Waals surface area contributed by atoms with E-state index in [1.54, 1.807) is 6.08 Å². The molecule has 0 rings (SSSR count). The summed E-state index contributed by atoms with van der Waals surface area (Å²) in [4.78, 5) is 24.5. The maximum absolute atomic E-state index is 12.5. The standard InChI is InChI=1S/C70H135NO5/c1-3-5-7-9-11-13-15-17-36-39-42-46-50-54-58-62-68(73)67(66-72)71-69(74)63-59-55-51-47-43-40-37-34-32-30-28-26-24-22-20-18-19-21-23-25-27-29-31-33-35-38-41-45-49-53-57-61-65-76-70(75)64-60-56-52-48-44-16-14-12-10-8-6-4-2/h12,14,58,62,67-68,72-73H,3-11,13,15-57,59-61,63-66H2,1-2H3,(H,71,74)/b14-12-,62-58+. The molecule has 2 unspecified atom stereocenters. The largest absolute Gasteiger partial charge is 0.466 e. The number of amides is 1. The lowest BCUT2D eigenvalue weighted by molar-refractivity contribution is -0.143. The monoisotopic (exact) mass is 1070 g/mol. The number of ether oxygens (including phenoxy) is 1. The second-order valence-electron chi connectivity index (χ2n) is 23.9. The Kier molecular flexibility index (Phi) is 64.4. The summed E-state index contributed by atoms with van der Waals surface area (Å²) in [6, 6.07) is -0.624. The SMILES string of the molecule is CCCCC/C=C\CCCCCCCC(=O)OCCCCCCCCCCCCCCCCCCCCCCCCCCCCCCCCCCC(=O)NC(CO)C(O)/C=C/CCCCCCCCCCCCCCC. The van der Waals surface area contributed by atoms with Gasteiger partial charge >= 0.3 is 5.97 Å². The van der Waals surface area contributed by atoms with Crippen LogP contribution in [0.5, 0.6) is 0 Å². The maximum atomic E-state index is 12.5. The van der Waals surface area contributed by atoms with Crippen LogP contribution in [0, 0.1) is 0 Å². The van der Waals surface area contributed by atoms with Crippen molar-refractivity contribution < 1.29 is 24.5 Å². The van der Waals surface area contributed by atoms with Crippen LogP contribution in [0.4, 0.5) is 0 Å². The van der Waals surface area contributed by atoms with Gasteiger partial charge < -0.3 is 20.3 Å². The van der Waals surface area contributed by atoms with Crippen LogP contribution in [0.2, 0.25) is 0 Å². The highest BCUT2D eigenvalue weighted by atomic mass is 16.5. The summed E-state index contributed by atoms with van der Waals surface area (Å²) >= 11 is 0. The van der Waals surface area contributed by atoms with E-state index >= 15 is 0 Å². The van der Waals surface area contributed by atoms with Crippen LogP contribution in [0.25, 0.3) is 0 Å². The average molecular weight is 1070 g/mol. The van der Waals surface area contributed by atoms with Crippen molar-refractivity contribution in [2.75, 3.05) is 13.2 Å². The first kappa shape index (κ1) is 74.3. The van der Waals surface area contributed by atoms with Gasteiger partial charge in [0.25, 0.3) is 0 Å². The first-order chi connectivity index (χ1) is 37.5. The molecule has 450 valence electrons. The zero-order valence-electron chi connectivity index (χ0n) is 51.5. The number of rotatable bonds is 65. The number of hydrogen-bond acceptors (Lipinski definition) is 5. The van der Waals surface area contributed by atoms with E-state index in [2.05, 4.69) is 31.3 Å². The fourth-order valence-electron chi connectivity index (χ4n) is 10.9. The Hall–Kier alpha value is -1.66. The van der Waals surface area contributed by atoms with Gasteiger partial charge in [-0.15, -0.1) is 0 Å². The Morgan fingerprint density at radius 3 is 0.961 bits per heavy atom. The molecule has 1 amide bonds. The molecule has 2 atom stereocenters. The third-order valence-electron chi connectivity index (χ3n) is 16.2. The lowest BCUT2D eigenvalue weighted by Gasteiger charge is -2.20. The van der Waals surface area contributed by atoms with E-state index in [1.807, 2.05) is 6.08 Å². The Morgan fingerprint density at radius 1 is 0.355 bits per heavy atom. The Morgan fingerprint density at radius 2 is 0.618 bits per heavy atom. The van der Waals surface area contributed by atoms with Crippen LogP contribution in [0.1, 0.15) is 386 Å². The lowest BCUT2D eigenvalue weighted by Crippen LogP contribution is -2.45. The topological polar surface area (TPSA) is 95.9 Å². The summed E-state index contributed by atoms with van der Waals surface area (Å²) in [5, 5.41) is 23.2. The van der Waals surface area contributed by atoms with E-state index in [0.29, 0.717) is 19.4 Å². The molecule has 0 saturated heterocycles. The van der Waals surface area contributed by atoms with Crippen LogP contribution in [0.15, 0.2) is 24.3 Å². The van der Waals surface area contributed by atoms with Gasteiger partial charge in [-0.1, -0.05) is 340 Å². The molecule has 6 nitrogen and oxygen atoms in total. The second kappa shape index (κ2) is 65.9. The van der Waals surface area contributed by atoms with Crippen molar-refractivity contribution in [1.82, 2.24) is 5.32 Å². The van der Waals surface area contributed by atoms with E-state index in [0.717, 1.165) is 44.9 Å². The van der Waals surface area contributed by atoms with Gasteiger partial charge in [0.05, 0.1) is 25.4 Å². The highest BCUT2D eigenvalue weighted by Crippen LogP contribution is 2.19. The Bertz CT molecular complexity index is 1190. The summed E-state index contributed by atoms with van der Waals surface area (Å²) in [5.41, 5.74) is 0. The van der Waals surface area contributed by atoms with Crippen molar-refractivity contribution in [2.45, 2.75) is 398 Å². The number of aliphatic hydroxyl groups is 2. The van der Waals surface area contributed by atoms with Crippen LogP contribution < -0.4 is 5.32 Å². The van der Waals surface area contributed by atoms with E-state index in [4.69, 9.17) is 4.74 Å². The number of nitrogens with one attached hydrogen (secondary N) is 1.